The highest BCUT2D eigenvalue weighted by molar-refractivity contribution is 5.23. The summed E-state index contributed by atoms with van der Waals surface area (Å²) in [7, 11) is 0. The lowest BCUT2D eigenvalue weighted by molar-refractivity contribution is 0.136. The van der Waals surface area contributed by atoms with Gasteiger partial charge >= 0.3 is 0 Å². The Bertz CT molecular complexity index is 562. The van der Waals surface area contributed by atoms with E-state index in [9.17, 15) is 5.11 Å². The average molecular weight is 311 g/mol. The maximum absolute atomic E-state index is 10.3. The van der Waals surface area contributed by atoms with Crippen LogP contribution in [-0.2, 0) is 12.8 Å². The van der Waals surface area contributed by atoms with Gasteiger partial charge in [-0.1, -0.05) is 68.4 Å². The van der Waals surface area contributed by atoms with Gasteiger partial charge in [-0.15, -0.1) is 0 Å². The number of hydrogen-bond donors (Lipinski definition) is 2. The SMILES string of the molecule is CC(C)Cc1ccc(CCN[C@@H](C)[C@@H](O)c2ccccc2)cc1. The smallest absolute Gasteiger partial charge is 0.0940 e. The van der Waals surface area contributed by atoms with Crippen molar-refractivity contribution < 1.29 is 5.11 Å². The van der Waals surface area contributed by atoms with Gasteiger partial charge in [-0.2, -0.15) is 0 Å². The van der Waals surface area contributed by atoms with E-state index < -0.39 is 6.10 Å². The highest BCUT2D eigenvalue weighted by atomic mass is 16.3. The van der Waals surface area contributed by atoms with Crippen LogP contribution in [-0.4, -0.2) is 17.7 Å². The molecule has 2 N–H and O–H groups in total. The quantitative estimate of drug-likeness (QED) is 0.768. The molecule has 0 amide bonds. The number of benzene rings is 2. The Kier molecular flexibility index (Phi) is 6.82. The molecular formula is C21H29NO. The van der Waals surface area contributed by atoms with Gasteiger partial charge in [-0.05, 0) is 48.9 Å². The van der Waals surface area contributed by atoms with E-state index in [4.69, 9.17) is 0 Å². The molecule has 0 spiro atoms. The fourth-order valence-corrected chi connectivity index (χ4v) is 2.81. The fraction of sp³-hybridized carbons (Fsp3) is 0.429. The van der Waals surface area contributed by atoms with Gasteiger partial charge < -0.3 is 10.4 Å². The van der Waals surface area contributed by atoms with Gasteiger partial charge in [0.2, 0.25) is 0 Å². The minimum Gasteiger partial charge on any atom is -0.387 e. The molecule has 0 heterocycles. The maximum Gasteiger partial charge on any atom is 0.0940 e. The molecule has 0 saturated carbocycles. The zero-order chi connectivity index (χ0) is 16.7. The molecule has 0 unspecified atom stereocenters. The third kappa shape index (κ3) is 5.81. The van der Waals surface area contributed by atoms with Crippen molar-refractivity contribution in [1.82, 2.24) is 5.32 Å². The van der Waals surface area contributed by atoms with Crippen molar-refractivity contribution in [2.24, 2.45) is 5.92 Å². The zero-order valence-electron chi connectivity index (χ0n) is 14.5. The molecule has 0 aliphatic carbocycles. The summed E-state index contributed by atoms with van der Waals surface area (Å²) in [6.45, 7) is 7.40. The minimum atomic E-state index is -0.468. The average Bonchev–Trinajstić information content (AvgIpc) is 2.56. The van der Waals surface area contributed by atoms with Crippen LogP contribution in [0.4, 0.5) is 0 Å². The van der Waals surface area contributed by atoms with Crippen LogP contribution < -0.4 is 5.32 Å². The molecule has 2 heteroatoms. The van der Waals surface area contributed by atoms with Gasteiger partial charge in [-0.25, -0.2) is 0 Å². The highest BCUT2D eigenvalue weighted by Crippen LogP contribution is 2.16. The van der Waals surface area contributed by atoms with Gasteiger partial charge in [0, 0.05) is 6.04 Å². The Morgan fingerprint density at radius 2 is 1.48 bits per heavy atom. The van der Waals surface area contributed by atoms with Crippen LogP contribution >= 0.6 is 0 Å². The topological polar surface area (TPSA) is 32.3 Å². The predicted molar refractivity (Wildman–Crippen MR) is 97.6 cm³/mol. The van der Waals surface area contributed by atoms with Crippen LogP contribution in [0.3, 0.4) is 0 Å². The first-order valence-corrected chi connectivity index (χ1v) is 8.60. The number of aliphatic hydroxyl groups excluding tert-OH is 1. The van der Waals surface area contributed by atoms with E-state index in [0.29, 0.717) is 5.92 Å². The van der Waals surface area contributed by atoms with E-state index in [1.54, 1.807) is 0 Å². The molecule has 2 aromatic carbocycles. The molecule has 23 heavy (non-hydrogen) atoms. The normalized spacial score (nSPS) is 14.0. The second-order valence-corrected chi connectivity index (χ2v) is 6.76. The van der Waals surface area contributed by atoms with Gasteiger partial charge in [0.1, 0.15) is 0 Å². The standard InChI is InChI=1S/C21H29NO/c1-16(2)15-19-11-9-18(10-12-19)13-14-22-17(3)21(23)20-7-5-4-6-8-20/h4-12,16-17,21-23H,13-15H2,1-3H3/t17-,21+/m0/s1. The fourth-order valence-electron chi connectivity index (χ4n) is 2.81. The highest BCUT2D eigenvalue weighted by Gasteiger charge is 2.14. The summed E-state index contributed by atoms with van der Waals surface area (Å²) in [6, 6.07) is 18.8. The van der Waals surface area contributed by atoms with E-state index in [-0.39, 0.29) is 6.04 Å². The van der Waals surface area contributed by atoms with E-state index in [2.05, 4.69) is 43.4 Å². The minimum absolute atomic E-state index is 0.0395. The molecule has 0 aromatic heterocycles. The first-order chi connectivity index (χ1) is 11.1. The Hall–Kier alpha value is -1.64. The van der Waals surface area contributed by atoms with Gasteiger partial charge in [0.05, 0.1) is 6.10 Å². The molecular weight excluding hydrogens is 282 g/mol. The summed E-state index contributed by atoms with van der Waals surface area (Å²) in [4.78, 5) is 0. The van der Waals surface area contributed by atoms with Crippen LogP contribution in [0, 0.1) is 5.92 Å². The van der Waals surface area contributed by atoms with Gasteiger partial charge in [0.25, 0.3) is 0 Å². The van der Waals surface area contributed by atoms with Crippen molar-refractivity contribution in [2.75, 3.05) is 6.54 Å². The molecule has 124 valence electrons. The third-order valence-corrected chi connectivity index (χ3v) is 4.16. The van der Waals surface area contributed by atoms with Crippen LogP contribution in [0.1, 0.15) is 43.6 Å². The second kappa shape index (κ2) is 8.85. The summed E-state index contributed by atoms with van der Waals surface area (Å²) in [6.07, 6.45) is 1.65. The summed E-state index contributed by atoms with van der Waals surface area (Å²) in [5, 5.41) is 13.8. The third-order valence-electron chi connectivity index (χ3n) is 4.16. The molecule has 0 fully saturated rings. The number of aliphatic hydroxyl groups is 1. The van der Waals surface area contributed by atoms with E-state index in [1.165, 1.54) is 11.1 Å². The lowest BCUT2D eigenvalue weighted by Gasteiger charge is -2.20. The van der Waals surface area contributed by atoms with Crippen LogP contribution in [0.2, 0.25) is 0 Å². The molecule has 2 atom stereocenters. The molecule has 0 aliphatic heterocycles. The van der Waals surface area contributed by atoms with Gasteiger partial charge in [0.15, 0.2) is 0 Å². The molecule has 2 aromatic rings. The lowest BCUT2D eigenvalue weighted by atomic mass is 10.0. The molecule has 2 rings (SSSR count). The van der Waals surface area contributed by atoms with Crippen molar-refractivity contribution >= 4 is 0 Å². The molecule has 0 bridgehead atoms. The largest absolute Gasteiger partial charge is 0.387 e. The van der Waals surface area contributed by atoms with Gasteiger partial charge in [-0.3, -0.25) is 0 Å². The van der Waals surface area contributed by atoms with Crippen LogP contribution in [0.15, 0.2) is 54.6 Å². The predicted octanol–water partition coefficient (Wildman–Crippen LogP) is 4.14. The number of hydrogen-bond acceptors (Lipinski definition) is 2. The molecule has 0 saturated heterocycles. The Balaban J connectivity index is 1.78. The van der Waals surface area contributed by atoms with E-state index in [0.717, 1.165) is 24.9 Å². The summed E-state index contributed by atoms with van der Waals surface area (Å²) < 4.78 is 0. The molecule has 2 nitrogen and oxygen atoms in total. The van der Waals surface area contributed by atoms with Crippen molar-refractivity contribution in [2.45, 2.75) is 45.8 Å². The summed E-state index contributed by atoms with van der Waals surface area (Å²) in [5.41, 5.74) is 3.71. The van der Waals surface area contributed by atoms with E-state index in [1.807, 2.05) is 37.3 Å². The maximum atomic E-state index is 10.3. The molecule has 0 aliphatic rings. The van der Waals surface area contributed by atoms with Crippen molar-refractivity contribution in [1.29, 1.82) is 0 Å². The summed E-state index contributed by atoms with van der Waals surface area (Å²) >= 11 is 0. The summed E-state index contributed by atoms with van der Waals surface area (Å²) in [5.74, 6) is 0.697. The van der Waals surface area contributed by atoms with Crippen LogP contribution in [0.5, 0.6) is 0 Å². The Morgan fingerprint density at radius 3 is 2.09 bits per heavy atom. The van der Waals surface area contributed by atoms with Crippen molar-refractivity contribution in [3.05, 3.63) is 71.3 Å². The first-order valence-electron chi connectivity index (χ1n) is 8.60. The van der Waals surface area contributed by atoms with Crippen molar-refractivity contribution in [3.8, 4) is 0 Å². The van der Waals surface area contributed by atoms with Crippen molar-refractivity contribution in [3.63, 3.8) is 0 Å². The van der Waals surface area contributed by atoms with E-state index >= 15 is 0 Å². The monoisotopic (exact) mass is 311 g/mol. The first kappa shape index (κ1) is 17.7. The number of rotatable bonds is 8. The Morgan fingerprint density at radius 1 is 0.870 bits per heavy atom. The second-order valence-electron chi connectivity index (χ2n) is 6.76. The number of nitrogens with one attached hydrogen (secondary N) is 1. The zero-order valence-corrected chi connectivity index (χ0v) is 14.5. The van der Waals surface area contributed by atoms with Crippen LogP contribution in [0.25, 0.3) is 0 Å². The molecule has 0 radical (unpaired) electrons. The Labute approximate surface area is 140 Å². The lowest BCUT2D eigenvalue weighted by Crippen LogP contribution is -2.33.